The largest absolute Gasteiger partial charge is 0.368 e. The van der Waals surface area contributed by atoms with Crippen molar-refractivity contribution < 1.29 is 18.8 Å². The maximum Gasteiger partial charge on any atom is 0.254 e. The van der Waals surface area contributed by atoms with Gasteiger partial charge in [-0.2, -0.15) is 0 Å². The van der Waals surface area contributed by atoms with Gasteiger partial charge in [0.25, 0.3) is 5.91 Å². The maximum absolute atomic E-state index is 13.7. The normalized spacial score (nSPS) is 12.1. The molecule has 1 aromatic rings. The van der Waals surface area contributed by atoms with E-state index in [-0.39, 0.29) is 24.1 Å². The molecule has 0 heterocycles. The zero-order valence-electron chi connectivity index (χ0n) is 14.4. The van der Waals surface area contributed by atoms with Gasteiger partial charge in [-0.05, 0) is 31.9 Å². The van der Waals surface area contributed by atoms with Crippen molar-refractivity contribution in [3.63, 3.8) is 0 Å². The SMILES string of the molecule is CC(C)C(NC(=O)c1ccccc1F)C(=O)N(CC(N)=O)C(C)C. The van der Waals surface area contributed by atoms with Crippen molar-refractivity contribution in [1.29, 1.82) is 0 Å². The molecule has 0 aliphatic heterocycles. The molecule has 6 nitrogen and oxygen atoms in total. The summed E-state index contributed by atoms with van der Waals surface area (Å²) in [6.45, 7) is 6.77. The minimum Gasteiger partial charge on any atom is -0.368 e. The lowest BCUT2D eigenvalue weighted by Gasteiger charge is -2.31. The molecule has 3 amide bonds. The quantitative estimate of drug-likeness (QED) is 0.785. The topological polar surface area (TPSA) is 92.5 Å². The van der Waals surface area contributed by atoms with Crippen molar-refractivity contribution in [2.24, 2.45) is 11.7 Å². The maximum atomic E-state index is 13.7. The molecule has 24 heavy (non-hydrogen) atoms. The van der Waals surface area contributed by atoms with E-state index in [0.29, 0.717) is 0 Å². The zero-order valence-corrected chi connectivity index (χ0v) is 14.4. The minimum atomic E-state index is -0.890. The molecule has 132 valence electrons. The second kappa shape index (κ2) is 8.42. The van der Waals surface area contributed by atoms with Crippen LogP contribution in [0, 0.1) is 11.7 Å². The Labute approximate surface area is 141 Å². The summed E-state index contributed by atoms with van der Waals surface area (Å²) in [6.07, 6.45) is 0. The van der Waals surface area contributed by atoms with Crippen LogP contribution in [0.4, 0.5) is 4.39 Å². The molecule has 1 rings (SSSR count). The predicted molar refractivity (Wildman–Crippen MR) is 88.5 cm³/mol. The van der Waals surface area contributed by atoms with Crippen LogP contribution in [-0.4, -0.2) is 41.2 Å². The number of rotatable bonds is 7. The Morgan fingerprint density at radius 3 is 2.21 bits per heavy atom. The number of carbonyl (C=O) groups excluding carboxylic acids is 3. The molecule has 7 heteroatoms. The average Bonchev–Trinajstić information content (AvgIpc) is 2.49. The lowest BCUT2D eigenvalue weighted by Crippen LogP contribution is -2.54. The van der Waals surface area contributed by atoms with Crippen molar-refractivity contribution in [3.05, 3.63) is 35.6 Å². The molecule has 0 aliphatic rings. The van der Waals surface area contributed by atoms with Gasteiger partial charge < -0.3 is 16.0 Å². The van der Waals surface area contributed by atoms with Gasteiger partial charge in [0.15, 0.2) is 0 Å². The fourth-order valence-electron chi connectivity index (χ4n) is 2.24. The van der Waals surface area contributed by atoms with Gasteiger partial charge in [-0.1, -0.05) is 26.0 Å². The highest BCUT2D eigenvalue weighted by Crippen LogP contribution is 2.12. The van der Waals surface area contributed by atoms with Gasteiger partial charge in [-0.15, -0.1) is 0 Å². The molecular weight excluding hydrogens is 313 g/mol. The fraction of sp³-hybridized carbons (Fsp3) is 0.471. The number of nitrogens with two attached hydrogens (primary N) is 1. The predicted octanol–water partition coefficient (Wildman–Crippen LogP) is 1.30. The molecule has 3 N–H and O–H groups in total. The van der Waals surface area contributed by atoms with Crippen molar-refractivity contribution in [3.8, 4) is 0 Å². The summed E-state index contributed by atoms with van der Waals surface area (Å²) in [5.74, 6) is -2.66. The Morgan fingerprint density at radius 1 is 1.17 bits per heavy atom. The lowest BCUT2D eigenvalue weighted by molar-refractivity contribution is -0.139. The Kier molecular flexibility index (Phi) is 6.88. The molecule has 0 saturated carbocycles. The van der Waals surface area contributed by atoms with E-state index in [2.05, 4.69) is 5.32 Å². The van der Waals surface area contributed by atoms with Crippen LogP contribution >= 0.6 is 0 Å². The third-order valence-electron chi connectivity index (χ3n) is 3.57. The molecule has 0 spiro atoms. The molecule has 0 bridgehead atoms. The molecule has 0 aliphatic carbocycles. The number of primary amides is 1. The molecular formula is C17H24FN3O3. The van der Waals surface area contributed by atoms with E-state index in [9.17, 15) is 18.8 Å². The second-order valence-electron chi connectivity index (χ2n) is 6.20. The van der Waals surface area contributed by atoms with Gasteiger partial charge in [0.2, 0.25) is 11.8 Å². The van der Waals surface area contributed by atoms with Crippen molar-refractivity contribution >= 4 is 17.7 Å². The van der Waals surface area contributed by atoms with Crippen LogP contribution in [0.25, 0.3) is 0 Å². The molecule has 0 aromatic heterocycles. The standard InChI is InChI=1S/C17H24FN3O3/c1-10(2)15(17(24)21(11(3)4)9-14(19)22)20-16(23)12-7-5-6-8-13(12)18/h5-8,10-11,15H,9H2,1-4H3,(H2,19,22)(H,20,23). The van der Waals surface area contributed by atoms with Gasteiger partial charge in [-0.3, -0.25) is 14.4 Å². The van der Waals surface area contributed by atoms with E-state index < -0.39 is 29.6 Å². The number of halogens is 1. The molecule has 1 atom stereocenters. The Hall–Kier alpha value is -2.44. The van der Waals surface area contributed by atoms with E-state index in [1.807, 2.05) is 0 Å². The van der Waals surface area contributed by atoms with Crippen LogP contribution in [0.5, 0.6) is 0 Å². The smallest absolute Gasteiger partial charge is 0.254 e. The number of nitrogens with one attached hydrogen (secondary N) is 1. The first-order chi connectivity index (χ1) is 11.1. The minimum absolute atomic E-state index is 0.137. The first kappa shape index (κ1) is 19.6. The van der Waals surface area contributed by atoms with Gasteiger partial charge in [0, 0.05) is 6.04 Å². The summed E-state index contributed by atoms with van der Waals surface area (Å²) in [5.41, 5.74) is 5.05. The highest BCUT2D eigenvalue weighted by atomic mass is 19.1. The number of nitrogens with zero attached hydrogens (tertiary/aromatic N) is 1. The van der Waals surface area contributed by atoms with Gasteiger partial charge in [0.1, 0.15) is 11.9 Å². The lowest BCUT2D eigenvalue weighted by atomic mass is 10.0. The van der Waals surface area contributed by atoms with Crippen molar-refractivity contribution in [1.82, 2.24) is 10.2 Å². The molecule has 0 radical (unpaired) electrons. The van der Waals surface area contributed by atoms with E-state index >= 15 is 0 Å². The first-order valence-corrected chi connectivity index (χ1v) is 7.79. The third kappa shape index (κ3) is 5.04. The number of benzene rings is 1. The fourth-order valence-corrected chi connectivity index (χ4v) is 2.24. The number of hydrogen-bond acceptors (Lipinski definition) is 3. The van der Waals surface area contributed by atoms with Crippen LogP contribution in [0.3, 0.4) is 0 Å². The van der Waals surface area contributed by atoms with E-state index in [0.717, 1.165) is 0 Å². The van der Waals surface area contributed by atoms with E-state index in [4.69, 9.17) is 5.73 Å². The van der Waals surface area contributed by atoms with Gasteiger partial charge in [0.05, 0.1) is 12.1 Å². The summed E-state index contributed by atoms with van der Waals surface area (Å²) in [5, 5.41) is 2.56. The van der Waals surface area contributed by atoms with Gasteiger partial charge in [-0.25, -0.2) is 4.39 Å². The zero-order chi connectivity index (χ0) is 18.4. The second-order valence-corrected chi connectivity index (χ2v) is 6.20. The van der Waals surface area contributed by atoms with Crippen LogP contribution in [0.15, 0.2) is 24.3 Å². The van der Waals surface area contributed by atoms with Crippen molar-refractivity contribution in [2.45, 2.75) is 39.8 Å². The summed E-state index contributed by atoms with van der Waals surface area (Å²) < 4.78 is 13.7. The Balaban J connectivity index is 3.01. The summed E-state index contributed by atoms with van der Waals surface area (Å²) >= 11 is 0. The highest BCUT2D eigenvalue weighted by molar-refractivity contribution is 5.98. The number of amides is 3. The van der Waals surface area contributed by atoms with Crippen LogP contribution in [-0.2, 0) is 9.59 Å². The highest BCUT2D eigenvalue weighted by Gasteiger charge is 2.31. The molecule has 0 saturated heterocycles. The van der Waals surface area contributed by atoms with Crippen molar-refractivity contribution in [2.75, 3.05) is 6.54 Å². The van der Waals surface area contributed by atoms with Crippen LogP contribution in [0.2, 0.25) is 0 Å². The monoisotopic (exact) mass is 337 g/mol. The Bertz CT molecular complexity index is 617. The number of carbonyl (C=O) groups is 3. The van der Waals surface area contributed by atoms with E-state index in [1.165, 1.54) is 29.2 Å². The third-order valence-corrected chi connectivity index (χ3v) is 3.57. The Morgan fingerprint density at radius 2 is 1.75 bits per heavy atom. The van der Waals surface area contributed by atoms with E-state index in [1.54, 1.807) is 27.7 Å². The molecule has 1 unspecified atom stereocenters. The van der Waals surface area contributed by atoms with Crippen LogP contribution in [0.1, 0.15) is 38.1 Å². The summed E-state index contributed by atoms with van der Waals surface area (Å²) in [6, 6.07) is 4.38. The van der Waals surface area contributed by atoms with Gasteiger partial charge >= 0.3 is 0 Å². The summed E-state index contributed by atoms with van der Waals surface area (Å²) in [4.78, 5) is 37.5. The number of hydrogen-bond donors (Lipinski definition) is 2. The molecule has 1 aromatic carbocycles. The average molecular weight is 337 g/mol. The summed E-state index contributed by atoms with van der Waals surface area (Å²) in [7, 11) is 0. The van der Waals surface area contributed by atoms with Crippen LogP contribution < -0.4 is 11.1 Å². The first-order valence-electron chi connectivity index (χ1n) is 7.79. The molecule has 0 fully saturated rings.